The van der Waals surface area contributed by atoms with Crippen molar-refractivity contribution in [2.75, 3.05) is 18.6 Å². The van der Waals surface area contributed by atoms with Gasteiger partial charge in [-0.05, 0) is 95.2 Å². The Morgan fingerprint density at radius 3 is 2.36 bits per heavy atom. The van der Waals surface area contributed by atoms with Crippen LogP contribution in [0.3, 0.4) is 0 Å². The number of carbonyl (C=O) groups is 4. The van der Waals surface area contributed by atoms with E-state index in [0.717, 1.165) is 14.9 Å². The van der Waals surface area contributed by atoms with Crippen molar-refractivity contribution in [2.24, 2.45) is 0 Å². The maximum Gasteiger partial charge on any atom is 0.337 e. The first-order valence-electron chi connectivity index (χ1n) is 11.6. The minimum Gasteiger partial charge on any atom is -0.490 e. The van der Waals surface area contributed by atoms with Crippen LogP contribution in [-0.2, 0) is 20.9 Å². The SMILES string of the molecule is CCOc1cc(/C=C2\C(=O)NC(=O)N(c3ccc(C(=O)OC)cc3)C2=O)cc(I)c1OCc1ccc(Br)cc1. The van der Waals surface area contributed by atoms with Crippen LogP contribution in [-0.4, -0.2) is 37.5 Å². The summed E-state index contributed by atoms with van der Waals surface area (Å²) in [6.45, 7) is 2.52. The van der Waals surface area contributed by atoms with E-state index in [2.05, 4.69) is 48.6 Å². The van der Waals surface area contributed by atoms with Gasteiger partial charge in [0.15, 0.2) is 11.5 Å². The number of carbonyl (C=O) groups excluding carboxylic acids is 4. The highest BCUT2D eigenvalue weighted by Crippen LogP contribution is 2.36. The zero-order valence-electron chi connectivity index (χ0n) is 20.8. The summed E-state index contributed by atoms with van der Waals surface area (Å²) in [5.41, 5.74) is 1.67. The van der Waals surface area contributed by atoms with E-state index in [4.69, 9.17) is 9.47 Å². The maximum absolute atomic E-state index is 13.3. The first-order valence-corrected chi connectivity index (χ1v) is 13.5. The summed E-state index contributed by atoms with van der Waals surface area (Å²) in [5, 5.41) is 2.19. The molecule has 4 amide bonds. The lowest BCUT2D eigenvalue weighted by atomic mass is 10.1. The highest BCUT2D eigenvalue weighted by atomic mass is 127. The zero-order chi connectivity index (χ0) is 28.1. The van der Waals surface area contributed by atoms with Gasteiger partial charge in [0.25, 0.3) is 11.8 Å². The van der Waals surface area contributed by atoms with E-state index < -0.39 is 23.8 Å². The van der Waals surface area contributed by atoms with Gasteiger partial charge in [0, 0.05) is 4.47 Å². The molecule has 0 aliphatic carbocycles. The average Bonchev–Trinajstić information content (AvgIpc) is 2.91. The first kappa shape index (κ1) is 28.3. The van der Waals surface area contributed by atoms with Crippen molar-refractivity contribution in [3.8, 4) is 11.5 Å². The number of barbiturate groups is 1. The van der Waals surface area contributed by atoms with Gasteiger partial charge in [-0.15, -0.1) is 0 Å². The molecule has 1 aliphatic rings. The number of imide groups is 2. The Balaban J connectivity index is 1.63. The predicted octanol–water partition coefficient (Wildman–Crippen LogP) is 5.48. The van der Waals surface area contributed by atoms with Crippen LogP contribution in [0.1, 0.15) is 28.4 Å². The first-order chi connectivity index (χ1) is 18.7. The molecule has 39 heavy (non-hydrogen) atoms. The third-order valence-corrected chi connectivity index (χ3v) is 6.92. The largest absolute Gasteiger partial charge is 0.490 e. The van der Waals surface area contributed by atoms with E-state index in [1.807, 2.05) is 31.2 Å². The molecule has 0 aromatic heterocycles. The molecule has 3 aromatic carbocycles. The molecule has 0 unspecified atom stereocenters. The summed E-state index contributed by atoms with van der Waals surface area (Å²) in [5.74, 6) is -1.21. The van der Waals surface area contributed by atoms with E-state index in [-0.39, 0.29) is 16.8 Å². The number of benzene rings is 3. The molecular weight excluding hydrogens is 683 g/mol. The van der Waals surface area contributed by atoms with Gasteiger partial charge >= 0.3 is 12.0 Å². The van der Waals surface area contributed by atoms with Gasteiger partial charge in [0.2, 0.25) is 0 Å². The molecule has 200 valence electrons. The van der Waals surface area contributed by atoms with Gasteiger partial charge in [-0.1, -0.05) is 28.1 Å². The lowest BCUT2D eigenvalue weighted by Gasteiger charge is -2.26. The van der Waals surface area contributed by atoms with Gasteiger partial charge in [0.05, 0.1) is 28.5 Å². The topological polar surface area (TPSA) is 111 Å². The summed E-state index contributed by atoms with van der Waals surface area (Å²) in [7, 11) is 1.25. The minimum atomic E-state index is -0.894. The number of rotatable bonds is 8. The molecule has 3 aromatic rings. The Kier molecular flexibility index (Phi) is 9.02. The number of nitrogens with one attached hydrogen (secondary N) is 1. The summed E-state index contributed by atoms with van der Waals surface area (Å²) in [4.78, 5) is 51.1. The van der Waals surface area contributed by atoms with Crippen LogP contribution in [0.5, 0.6) is 11.5 Å². The molecule has 0 bridgehead atoms. The third-order valence-electron chi connectivity index (χ3n) is 5.59. The van der Waals surface area contributed by atoms with Gasteiger partial charge in [0.1, 0.15) is 12.2 Å². The molecule has 1 aliphatic heterocycles. The molecule has 0 spiro atoms. The monoisotopic (exact) mass is 704 g/mol. The molecular formula is C28H22BrIN2O7. The Hall–Kier alpha value is -3.71. The predicted molar refractivity (Wildman–Crippen MR) is 156 cm³/mol. The zero-order valence-corrected chi connectivity index (χ0v) is 24.6. The Labute approximate surface area is 246 Å². The fraction of sp³-hybridized carbons (Fsp3) is 0.143. The molecule has 11 heteroatoms. The van der Waals surface area contributed by atoms with Crippen LogP contribution in [0.15, 0.2) is 70.7 Å². The lowest BCUT2D eigenvalue weighted by Crippen LogP contribution is -2.54. The van der Waals surface area contributed by atoms with Gasteiger partial charge < -0.3 is 14.2 Å². The van der Waals surface area contributed by atoms with Crippen LogP contribution in [0.4, 0.5) is 10.5 Å². The second-order valence-electron chi connectivity index (χ2n) is 8.17. The average molecular weight is 705 g/mol. The second kappa shape index (κ2) is 12.4. The number of urea groups is 1. The number of esters is 1. The molecule has 4 rings (SSSR count). The van der Waals surface area contributed by atoms with E-state index in [0.29, 0.717) is 33.8 Å². The molecule has 1 saturated heterocycles. The number of nitrogens with zero attached hydrogens (tertiary/aromatic N) is 1. The van der Waals surface area contributed by atoms with Crippen molar-refractivity contribution >= 4 is 74.1 Å². The quantitative estimate of drug-likeness (QED) is 0.143. The molecule has 9 nitrogen and oxygen atoms in total. The van der Waals surface area contributed by atoms with E-state index >= 15 is 0 Å². The minimum absolute atomic E-state index is 0.185. The number of halogens is 2. The van der Waals surface area contributed by atoms with Crippen molar-refractivity contribution in [3.63, 3.8) is 0 Å². The van der Waals surface area contributed by atoms with Crippen molar-refractivity contribution in [1.29, 1.82) is 0 Å². The Bertz CT molecular complexity index is 1470. The van der Waals surface area contributed by atoms with Gasteiger partial charge in [-0.3, -0.25) is 14.9 Å². The highest BCUT2D eigenvalue weighted by Gasteiger charge is 2.37. The molecule has 1 heterocycles. The summed E-state index contributed by atoms with van der Waals surface area (Å²) >= 11 is 5.52. The highest BCUT2D eigenvalue weighted by molar-refractivity contribution is 14.1. The van der Waals surface area contributed by atoms with Crippen molar-refractivity contribution < 1.29 is 33.4 Å². The number of hydrogen-bond donors (Lipinski definition) is 1. The van der Waals surface area contributed by atoms with Crippen LogP contribution in [0, 0.1) is 3.57 Å². The van der Waals surface area contributed by atoms with Crippen LogP contribution >= 0.6 is 38.5 Å². The summed E-state index contributed by atoms with van der Waals surface area (Å²) in [6.07, 6.45) is 1.39. The van der Waals surface area contributed by atoms with Crippen LogP contribution in [0.2, 0.25) is 0 Å². The third kappa shape index (κ3) is 6.48. The Morgan fingerprint density at radius 2 is 1.72 bits per heavy atom. The fourth-order valence-corrected chi connectivity index (χ4v) is 4.78. The Morgan fingerprint density at radius 1 is 1.03 bits per heavy atom. The van der Waals surface area contributed by atoms with Crippen LogP contribution < -0.4 is 19.7 Å². The van der Waals surface area contributed by atoms with Crippen LogP contribution in [0.25, 0.3) is 6.08 Å². The molecule has 0 atom stereocenters. The molecule has 1 fully saturated rings. The summed E-state index contributed by atoms with van der Waals surface area (Å²) in [6, 6.07) is 16.0. The molecule has 0 radical (unpaired) electrons. The van der Waals surface area contributed by atoms with Crippen molar-refractivity contribution in [3.05, 3.63) is 91.0 Å². The molecule has 1 N–H and O–H groups in total. The number of anilines is 1. The second-order valence-corrected chi connectivity index (χ2v) is 10.3. The summed E-state index contributed by atoms with van der Waals surface area (Å²) < 4.78 is 18.2. The normalized spacial score (nSPS) is 14.3. The maximum atomic E-state index is 13.3. The van der Waals surface area contributed by atoms with E-state index in [9.17, 15) is 19.2 Å². The molecule has 0 saturated carbocycles. The van der Waals surface area contributed by atoms with Gasteiger partial charge in [-0.2, -0.15) is 0 Å². The lowest BCUT2D eigenvalue weighted by molar-refractivity contribution is -0.122. The number of hydrogen-bond acceptors (Lipinski definition) is 7. The van der Waals surface area contributed by atoms with E-state index in [1.54, 1.807) is 12.1 Å². The fourth-order valence-electron chi connectivity index (χ4n) is 3.73. The van der Waals surface area contributed by atoms with Gasteiger partial charge in [-0.25, -0.2) is 14.5 Å². The van der Waals surface area contributed by atoms with Crippen molar-refractivity contribution in [1.82, 2.24) is 5.32 Å². The van der Waals surface area contributed by atoms with Crippen molar-refractivity contribution in [2.45, 2.75) is 13.5 Å². The standard InChI is InChI=1S/C28H22BrIN2O7/c1-3-38-23-14-17(13-22(30)24(23)39-15-16-4-8-19(29)9-5-16)12-21-25(33)31-28(36)32(26(21)34)20-10-6-18(7-11-20)27(35)37-2/h4-14H,3,15H2,1-2H3,(H,31,33,36)/b21-12+. The number of ether oxygens (including phenoxy) is 3. The van der Waals surface area contributed by atoms with E-state index in [1.165, 1.54) is 37.5 Å². The number of methoxy groups -OCH3 is 1. The smallest absolute Gasteiger partial charge is 0.337 e. The number of amides is 4.